The fraction of sp³-hybridized carbons (Fsp3) is 0.321. The third-order valence-corrected chi connectivity index (χ3v) is 6.57. The van der Waals surface area contributed by atoms with E-state index in [1.165, 1.54) is 12.1 Å². The van der Waals surface area contributed by atoms with E-state index in [4.69, 9.17) is 16.3 Å². The van der Waals surface area contributed by atoms with E-state index < -0.39 is 11.7 Å². The molecule has 0 unspecified atom stereocenters. The Bertz CT molecular complexity index is 1160. The summed E-state index contributed by atoms with van der Waals surface area (Å²) in [5.74, 6) is 0.0335. The minimum atomic E-state index is -4.37. The highest BCUT2D eigenvalue weighted by Gasteiger charge is 2.30. The number of halogens is 4. The van der Waals surface area contributed by atoms with Crippen LogP contribution < -0.4 is 0 Å². The summed E-state index contributed by atoms with van der Waals surface area (Å²) in [6.45, 7) is 5.36. The van der Waals surface area contributed by atoms with Crippen molar-refractivity contribution in [2.45, 2.75) is 25.8 Å². The van der Waals surface area contributed by atoms with Crippen LogP contribution in [0.5, 0.6) is 0 Å². The summed E-state index contributed by atoms with van der Waals surface area (Å²) in [7, 11) is 0. The van der Waals surface area contributed by atoms with Gasteiger partial charge in [-0.15, -0.1) is 0 Å². The largest absolute Gasteiger partial charge is 0.416 e. The lowest BCUT2D eigenvalue weighted by Crippen LogP contribution is -2.49. The molecular formula is C28H28ClF3N2O2. The molecule has 0 aromatic heterocycles. The Hall–Kier alpha value is -2.87. The molecule has 1 fully saturated rings. The van der Waals surface area contributed by atoms with Crippen LogP contribution in [0.15, 0.2) is 72.8 Å². The first-order valence-corrected chi connectivity index (χ1v) is 12.2. The fourth-order valence-corrected chi connectivity index (χ4v) is 4.37. The molecule has 4 nitrogen and oxygen atoms in total. The molecule has 1 amide bonds. The van der Waals surface area contributed by atoms with Crippen LogP contribution in [-0.2, 0) is 17.5 Å². The predicted molar refractivity (Wildman–Crippen MR) is 134 cm³/mol. The number of alkyl halides is 3. The van der Waals surface area contributed by atoms with E-state index in [0.717, 1.165) is 23.3 Å². The van der Waals surface area contributed by atoms with Crippen molar-refractivity contribution in [3.05, 3.63) is 106 Å². The molecule has 0 saturated carbocycles. The lowest BCUT2D eigenvalue weighted by molar-refractivity contribution is -0.137. The average Bonchev–Trinajstić information content (AvgIpc) is 2.87. The molecule has 3 aromatic carbocycles. The Labute approximate surface area is 214 Å². The zero-order chi connectivity index (χ0) is 25.7. The van der Waals surface area contributed by atoms with Gasteiger partial charge in [-0.05, 0) is 54.4 Å². The smallest absolute Gasteiger partial charge is 0.368 e. The Morgan fingerprint density at radius 1 is 0.972 bits per heavy atom. The molecule has 1 heterocycles. The molecule has 1 aliphatic rings. The number of carbonyl (C=O) groups excluding carboxylic acids is 1. The van der Waals surface area contributed by atoms with Gasteiger partial charge in [0, 0.05) is 43.3 Å². The number of benzene rings is 3. The first-order valence-electron chi connectivity index (χ1n) is 11.8. The van der Waals surface area contributed by atoms with Gasteiger partial charge in [-0.3, -0.25) is 9.69 Å². The van der Waals surface area contributed by atoms with Crippen molar-refractivity contribution in [2.75, 3.05) is 32.7 Å². The Morgan fingerprint density at radius 2 is 1.64 bits per heavy atom. The van der Waals surface area contributed by atoms with E-state index >= 15 is 0 Å². The van der Waals surface area contributed by atoms with E-state index in [1.807, 2.05) is 48.2 Å². The fourth-order valence-electron chi connectivity index (χ4n) is 4.25. The number of carbonyl (C=O) groups is 1. The Kier molecular flexibility index (Phi) is 8.34. The Balaban J connectivity index is 1.38. The second-order valence-electron chi connectivity index (χ2n) is 9.01. The van der Waals surface area contributed by atoms with Crippen molar-refractivity contribution < 1.29 is 22.7 Å². The van der Waals surface area contributed by atoms with Crippen molar-refractivity contribution >= 4 is 17.5 Å². The molecule has 8 heteroatoms. The van der Waals surface area contributed by atoms with Gasteiger partial charge in [-0.2, -0.15) is 13.2 Å². The SMILES string of the molecule is Cc1cccc(C(=O)N2CCN(C[C@H](OCc3ccc(C(F)(F)F)cc3)c3ccc(Cl)cc3)CC2)c1. The number of hydrogen-bond donors (Lipinski definition) is 0. The van der Waals surface area contributed by atoms with E-state index in [2.05, 4.69) is 4.90 Å². The van der Waals surface area contributed by atoms with Gasteiger partial charge in [0.2, 0.25) is 0 Å². The molecule has 1 atom stereocenters. The molecule has 0 spiro atoms. The minimum absolute atomic E-state index is 0.0335. The quantitative estimate of drug-likeness (QED) is 0.365. The van der Waals surface area contributed by atoms with Gasteiger partial charge in [-0.25, -0.2) is 0 Å². The maximum absolute atomic E-state index is 12.9. The molecule has 0 aliphatic carbocycles. The Morgan fingerprint density at radius 3 is 2.25 bits per heavy atom. The van der Waals surface area contributed by atoms with Gasteiger partial charge in [-0.1, -0.05) is 53.6 Å². The van der Waals surface area contributed by atoms with E-state index in [1.54, 1.807) is 12.1 Å². The molecule has 36 heavy (non-hydrogen) atoms. The van der Waals surface area contributed by atoms with Gasteiger partial charge in [0.1, 0.15) is 0 Å². The van der Waals surface area contributed by atoms with Crippen LogP contribution in [0.2, 0.25) is 5.02 Å². The molecule has 190 valence electrons. The summed E-state index contributed by atoms with van der Waals surface area (Å²) in [6.07, 6.45) is -4.67. The van der Waals surface area contributed by atoms with Crippen LogP contribution in [0.1, 0.15) is 38.7 Å². The maximum Gasteiger partial charge on any atom is 0.416 e. The first-order chi connectivity index (χ1) is 17.2. The number of ether oxygens (including phenoxy) is 1. The monoisotopic (exact) mass is 516 g/mol. The lowest BCUT2D eigenvalue weighted by atomic mass is 10.1. The van der Waals surface area contributed by atoms with Crippen molar-refractivity contribution in [3.8, 4) is 0 Å². The average molecular weight is 517 g/mol. The number of rotatable bonds is 7. The predicted octanol–water partition coefficient (Wildman–Crippen LogP) is 6.38. The van der Waals surface area contributed by atoms with Crippen LogP contribution in [0.3, 0.4) is 0 Å². The molecule has 0 bridgehead atoms. The van der Waals surface area contributed by atoms with Crippen molar-refractivity contribution in [2.24, 2.45) is 0 Å². The van der Waals surface area contributed by atoms with Gasteiger partial charge in [0.15, 0.2) is 0 Å². The van der Waals surface area contributed by atoms with Crippen molar-refractivity contribution in [1.29, 1.82) is 0 Å². The van der Waals surface area contributed by atoms with Crippen LogP contribution in [-0.4, -0.2) is 48.4 Å². The third-order valence-electron chi connectivity index (χ3n) is 6.32. The highest BCUT2D eigenvalue weighted by molar-refractivity contribution is 6.30. The highest BCUT2D eigenvalue weighted by atomic mass is 35.5. The summed E-state index contributed by atoms with van der Waals surface area (Å²) >= 11 is 6.06. The van der Waals surface area contributed by atoms with Crippen LogP contribution in [0.4, 0.5) is 13.2 Å². The maximum atomic E-state index is 12.9. The summed E-state index contributed by atoms with van der Waals surface area (Å²) in [5, 5.41) is 0.614. The lowest BCUT2D eigenvalue weighted by Gasteiger charge is -2.36. The number of piperazine rings is 1. The van der Waals surface area contributed by atoms with Crippen LogP contribution in [0.25, 0.3) is 0 Å². The summed E-state index contributed by atoms with van der Waals surface area (Å²) in [5.41, 5.74) is 2.66. The molecule has 0 radical (unpaired) electrons. The minimum Gasteiger partial charge on any atom is -0.368 e. The molecule has 4 rings (SSSR count). The number of nitrogens with zero attached hydrogens (tertiary/aromatic N) is 2. The molecule has 1 saturated heterocycles. The number of amides is 1. The van der Waals surface area contributed by atoms with Crippen molar-refractivity contribution in [1.82, 2.24) is 9.80 Å². The topological polar surface area (TPSA) is 32.8 Å². The standard InChI is InChI=1S/C28H28ClF3N2O2/c1-20-3-2-4-23(17-20)27(35)34-15-13-33(14-16-34)18-26(22-7-11-25(29)12-8-22)36-19-21-5-9-24(10-6-21)28(30,31)32/h2-12,17,26H,13-16,18-19H2,1H3/t26-/m0/s1. The van der Waals surface area contributed by atoms with Gasteiger partial charge in [0.05, 0.1) is 18.3 Å². The van der Waals surface area contributed by atoms with Crippen LogP contribution in [0, 0.1) is 6.92 Å². The molecule has 0 N–H and O–H groups in total. The zero-order valence-electron chi connectivity index (χ0n) is 20.0. The zero-order valence-corrected chi connectivity index (χ0v) is 20.7. The highest BCUT2D eigenvalue weighted by Crippen LogP contribution is 2.30. The van der Waals surface area contributed by atoms with E-state index in [0.29, 0.717) is 48.9 Å². The van der Waals surface area contributed by atoms with Gasteiger partial charge < -0.3 is 9.64 Å². The normalized spacial score (nSPS) is 15.6. The van der Waals surface area contributed by atoms with Gasteiger partial charge in [0.25, 0.3) is 5.91 Å². The van der Waals surface area contributed by atoms with E-state index in [9.17, 15) is 18.0 Å². The second-order valence-corrected chi connectivity index (χ2v) is 9.44. The van der Waals surface area contributed by atoms with Crippen LogP contribution >= 0.6 is 11.6 Å². The third kappa shape index (κ3) is 6.87. The van der Waals surface area contributed by atoms with Crippen molar-refractivity contribution in [3.63, 3.8) is 0 Å². The number of hydrogen-bond acceptors (Lipinski definition) is 3. The first kappa shape index (κ1) is 26.2. The van der Waals surface area contributed by atoms with E-state index in [-0.39, 0.29) is 18.6 Å². The summed E-state index contributed by atoms with van der Waals surface area (Å²) in [4.78, 5) is 17.0. The molecule has 3 aromatic rings. The second kappa shape index (κ2) is 11.5. The van der Waals surface area contributed by atoms with Gasteiger partial charge >= 0.3 is 6.18 Å². The molecular weight excluding hydrogens is 489 g/mol. The molecule has 1 aliphatic heterocycles. The number of aryl methyl sites for hydroxylation is 1. The summed E-state index contributed by atoms with van der Waals surface area (Å²) in [6, 6.07) is 20.0. The summed E-state index contributed by atoms with van der Waals surface area (Å²) < 4.78 is 44.8.